The van der Waals surface area contributed by atoms with Crippen LogP contribution in [0.4, 0.5) is 0 Å². The van der Waals surface area contributed by atoms with Gasteiger partial charge in [0.25, 0.3) is 0 Å². The molecule has 27 heavy (non-hydrogen) atoms. The van der Waals surface area contributed by atoms with E-state index in [4.69, 9.17) is 0 Å². The predicted molar refractivity (Wildman–Crippen MR) is 103 cm³/mol. The van der Waals surface area contributed by atoms with E-state index in [1.54, 1.807) is 0 Å². The fourth-order valence-corrected chi connectivity index (χ4v) is 3.27. The summed E-state index contributed by atoms with van der Waals surface area (Å²) in [5, 5.41) is 7.31. The molecule has 1 aromatic heterocycles. The number of hydrogen-bond acceptors (Lipinski definition) is 4. The fourth-order valence-electron chi connectivity index (χ4n) is 3.27. The van der Waals surface area contributed by atoms with E-state index in [9.17, 15) is 9.59 Å². The molecule has 0 bridgehead atoms. The van der Waals surface area contributed by atoms with Gasteiger partial charge in [0.15, 0.2) is 0 Å². The number of aromatic nitrogens is 2. The number of likely N-dealkylation sites (N-methyl/N-ethyl adjacent to an activating group) is 1. The van der Waals surface area contributed by atoms with Crippen LogP contribution in [0.25, 0.3) is 5.69 Å². The van der Waals surface area contributed by atoms with Crippen LogP contribution in [-0.4, -0.2) is 64.6 Å². The number of para-hydroxylation sites is 1. The number of amides is 2. The second-order valence-electron chi connectivity index (χ2n) is 6.99. The molecule has 2 aromatic rings. The molecule has 2 amide bonds. The summed E-state index contributed by atoms with van der Waals surface area (Å²) in [6, 6.07) is 9.94. The van der Waals surface area contributed by atoms with Crippen molar-refractivity contribution in [3.63, 3.8) is 0 Å². The second-order valence-corrected chi connectivity index (χ2v) is 6.99. The molecule has 0 aliphatic carbocycles. The van der Waals surface area contributed by atoms with Crippen molar-refractivity contribution in [2.45, 2.75) is 25.8 Å². The van der Waals surface area contributed by atoms with Gasteiger partial charge < -0.3 is 10.2 Å². The van der Waals surface area contributed by atoms with Crippen LogP contribution in [0, 0.1) is 0 Å². The summed E-state index contributed by atoms with van der Waals surface area (Å²) in [4.78, 5) is 27.5. The Morgan fingerprint density at radius 2 is 2.11 bits per heavy atom. The molecule has 0 spiro atoms. The zero-order valence-corrected chi connectivity index (χ0v) is 15.8. The van der Waals surface area contributed by atoms with Crippen LogP contribution in [-0.2, 0) is 16.1 Å². The molecule has 1 saturated heterocycles. The average Bonchev–Trinajstić information content (AvgIpc) is 3.28. The van der Waals surface area contributed by atoms with Crippen molar-refractivity contribution in [1.29, 1.82) is 0 Å². The molecule has 2 heterocycles. The molecule has 7 nitrogen and oxygen atoms in total. The number of nitrogens with one attached hydrogen (secondary N) is 1. The fraction of sp³-hybridized carbons (Fsp3) is 0.450. The van der Waals surface area contributed by atoms with Gasteiger partial charge in [-0.2, -0.15) is 5.10 Å². The van der Waals surface area contributed by atoms with Gasteiger partial charge in [0.05, 0.1) is 18.4 Å². The zero-order chi connectivity index (χ0) is 19.1. The van der Waals surface area contributed by atoms with Crippen molar-refractivity contribution < 1.29 is 9.59 Å². The molecule has 1 N–H and O–H groups in total. The predicted octanol–water partition coefficient (Wildman–Crippen LogP) is 1.43. The first-order valence-electron chi connectivity index (χ1n) is 9.44. The van der Waals surface area contributed by atoms with E-state index in [1.807, 2.05) is 64.3 Å². The monoisotopic (exact) mass is 369 g/mol. The lowest BCUT2D eigenvalue weighted by Gasteiger charge is -2.17. The van der Waals surface area contributed by atoms with Crippen LogP contribution in [0.5, 0.6) is 0 Å². The maximum atomic E-state index is 12.1. The third-order valence-electron chi connectivity index (χ3n) is 4.62. The quantitative estimate of drug-likeness (QED) is 0.679. The smallest absolute Gasteiger partial charge is 0.234 e. The van der Waals surface area contributed by atoms with Gasteiger partial charge in [-0.3, -0.25) is 14.5 Å². The van der Waals surface area contributed by atoms with Gasteiger partial charge in [-0.15, -0.1) is 0 Å². The lowest BCUT2D eigenvalue weighted by atomic mass is 10.3. The van der Waals surface area contributed by atoms with E-state index < -0.39 is 0 Å². The summed E-state index contributed by atoms with van der Waals surface area (Å²) in [5.74, 6) is 0.234. The Hall–Kier alpha value is -2.67. The van der Waals surface area contributed by atoms with Crippen molar-refractivity contribution in [2.24, 2.45) is 0 Å². The van der Waals surface area contributed by atoms with Gasteiger partial charge in [-0.05, 0) is 32.0 Å². The Morgan fingerprint density at radius 3 is 2.85 bits per heavy atom. The van der Waals surface area contributed by atoms with Crippen LogP contribution >= 0.6 is 0 Å². The highest BCUT2D eigenvalue weighted by atomic mass is 16.2. The Kier molecular flexibility index (Phi) is 6.59. The van der Waals surface area contributed by atoms with Crippen LogP contribution in [0.15, 0.2) is 42.7 Å². The van der Waals surface area contributed by atoms with E-state index in [2.05, 4.69) is 10.4 Å². The van der Waals surface area contributed by atoms with Crippen molar-refractivity contribution in [2.75, 3.05) is 33.2 Å². The summed E-state index contributed by atoms with van der Waals surface area (Å²) < 4.78 is 1.84. The SMILES string of the molecule is CN(CC(=O)NCCCN1CCCC1=O)Cc1cnn(-c2ccccc2)c1. The average molecular weight is 369 g/mol. The highest BCUT2D eigenvalue weighted by Gasteiger charge is 2.19. The molecular weight excluding hydrogens is 342 g/mol. The second kappa shape index (κ2) is 9.32. The first-order chi connectivity index (χ1) is 13.1. The van der Waals surface area contributed by atoms with Gasteiger partial charge in [0, 0.05) is 44.4 Å². The zero-order valence-electron chi connectivity index (χ0n) is 15.8. The van der Waals surface area contributed by atoms with E-state index in [0.29, 0.717) is 26.1 Å². The highest BCUT2D eigenvalue weighted by Crippen LogP contribution is 2.10. The maximum Gasteiger partial charge on any atom is 0.234 e. The molecule has 0 saturated carbocycles. The molecule has 1 aliphatic heterocycles. The number of likely N-dealkylation sites (tertiary alicyclic amines) is 1. The number of benzene rings is 1. The van der Waals surface area contributed by atoms with Gasteiger partial charge in [-0.1, -0.05) is 18.2 Å². The molecule has 1 aromatic carbocycles. The molecule has 144 valence electrons. The van der Waals surface area contributed by atoms with Crippen LogP contribution in [0.2, 0.25) is 0 Å². The molecule has 1 fully saturated rings. The van der Waals surface area contributed by atoms with Crippen molar-refractivity contribution in [1.82, 2.24) is 24.9 Å². The lowest BCUT2D eigenvalue weighted by molar-refractivity contribution is -0.127. The van der Waals surface area contributed by atoms with Crippen molar-refractivity contribution in [3.8, 4) is 5.69 Å². The Balaban J connectivity index is 1.36. The molecule has 0 unspecified atom stereocenters. The summed E-state index contributed by atoms with van der Waals surface area (Å²) in [7, 11) is 1.92. The minimum absolute atomic E-state index is 0.000648. The van der Waals surface area contributed by atoms with E-state index in [1.165, 1.54) is 0 Å². The third-order valence-corrected chi connectivity index (χ3v) is 4.62. The molecule has 3 rings (SSSR count). The van der Waals surface area contributed by atoms with Gasteiger partial charge >= 0.3 is 0 Å². The van der Waals surface area contributed by atoms with Crippen LogP contribution in [0.1, 0.15) is 24.8 Å². The molecule has 0 radical (unpaired) electrons. The summed E-state index contributed by atoms with van der Waals surface area (Å²) in [5.41, 5.74) is 2.07. The van der Waals surface area contributed by atoms with Crippen molar-refractivity contribution in [3.05, 3.63) is 48.3 Å². The van der Waals surface area contributed by atoms with Crippen LogP contribution < -0.4 is 5.32 Å². The standard InChI is InChI=1S/C20H27N5O2/c1-23(14-17-13-22-25(15-17)18-7-3-2-4-8-18)16-19(26)21-10-6-12-24-11-5-9-20(24)27/h2-4,7-8,13,15H,5-6,9-12,14,16H2,1H3,(H,21,26). The number of carbonyl (C=O) groups is 2. The number of nitrogens with zero attached hydrogens (tertiary/aromatic N) is 4. The summed E-state index contributed by atoms with van der Waals surface area (Å²) in [6.45, 7) is 3.17. The first-order valence-corrected chi connectivity index (χ1v) is 9.44. The number of hydrogen-bond donors (Lipinski definition) is 1. The molecule has 0 atom stereocenters. The van der Waals surface area contributed by atoms with E-state index in [0.717, 1.165) is 37.2 Å². The van der Waals surface area contributed by atoms with Gasteiger partial charge in [0.2, 0.25) is 11.8 Å². The van der Waals surface area contributed by atoms with Crippen molar-refractivity contribution >= 4 is 11.8 Å². The Morgan fingerprint density at radius 1 is 1.30 bits per heavy atom. The third kappa shape index (κ3) is 5.65. The van der Waals surface area contributed by atoms with E-state index in [-0.39, 0.29) is 11.8 Å². The largest absolute Gasteiger partial charge is 0.355 e. The highest BCUT2D eigenvalue weighted by molar-refractivity contribution is 5.78. The summed E-state index contributed by atoms with van der Waals surface area (Å²) >= 11 is 0. The lowest BCUT2D eigenvalue weighted by Crippen LogP contribution is -2.36. The normalized spacial score (nSPS) is 14.1. The number of rotatable bonds is 9. The molecule has 7 heteroatoms. The Bertz CT molecular complexity index is 759. The molecule has 1 aliphatic rings. The molecular formula is C20H27N5O2. The maximum absolute atomic E-state index is 12.1. The minimum atomic E-state index is 0.000648. The Labute approximate surface area is 159 Å². The van der Waals surface area contributed by atoms with Gasteiger partial charge in [-0.25, -0.2) is 4.68 Å². The summed E-state index contributed by atoms with van der Waals surface area (Å²) in [6.07, 6.45) is 6.23. The topological polar surface area (TPSA) is 70.5 Å². The van der Waals surface area contributed by atoms with Gasteiger partial charge in [0.1, 0.15) is 0 Å². The van der Waals surface area contributed by atoms with E-state index >= 15 is 0 Å². The minimum Gasteiger partial charge on any atom is -0.355 e. The first kappa shape index (κ1) is 19.1. The van der Waals surface area contributed by atoms with Crippen LogP contribution in [0.3, 0.4) is 0 Å². The number of carbonyl (C=O) groups excluding carboxylic acids is 2.